The molecule has 0 atom stereocenters. The van der Waals surface area contributed by atoms with Crippen molar-refractivity contribution in [3.05, 3.63) is 47.9 Å². The number of benzene rings is 1. The summed E-state index contributed by atoms with van der Waals surface area (Å²) >= 11 is 0. The highest BCUT2D eigenvalue weighted by Gasteiger charge is 2.08. The minimum absolute atomic E-state index is 0.285. The predicted octanol–water partition coefficient (Wildman–Crippen LogP) is 3.34. The summed E-state index contributed by atoms with van der Waals surface area (Å²) in [5.74, 6) is 0.684. The van der Waals surface area contributed by atoms with E-state index in [1.165, 1.54) is 0 Å². The molecule has 2 heterocycles. The molecule has 0 saturated carbocycles. The molecular weight excluding hydrogens is 264 g/mol. The van der Waals surface area contributed by atoms with Crippen LogP contribution in [-0.2, 0) is 12.8 Å². The van der Waals surface area contributed by atoms with Gasteiger partial charge in [-0.05, 0) is 37.1 Å². The molecule has 0 aliphatic heterocycles. The van der Waals surface area contributed by atoms with Crippen LogP contribution in [0.2, 0.25) is 0 Å². The van der Waals surface area contributed by atoms with Crippen molar-refractivity contribution in [3.8, 4) is 11.8 Å². The molecule has 0 unspecified atom stereocenters. The van der Waals surface area contributed by atoms with Gasteiger partial charge in [0.05, 0.1) is 16.9 Å². The number of ether oxygens (including phenoxy) is 1. The van der Waals surface area contributed by atoms with Gasteiger partial charge in [0, 0.05) is 11.6 Å². The minimum Gasteiger partial charge on any atom is -0.423 e. The van der Waals surface area contributed by atoms with E-state index >= 15 is 0 Å². The number of pyridine rings is 1. The number of rotatable bonds is 4. The van der Waals surface area contributed by atoms with E-state index in [-0.39, 0.29) is 6.01 Å². The first-order valence-corrected chi connectivity index (χ1v) is 7.05. The molecule has 3 aromatic rings. The minimum atomic E-state index is 0.285. The van der Waals surface area contributed by atoms with Gasteiger partial charge < -0.3 is 4.74 Å². The molecule has 5 heteroatoms. The number of hydrogen-bond acceptors (Lipinski definition) is 5. The normalized spacial score (nSPS) is 10.8. The van der Waals surface area contributed by atoms with Crippen LogP contribution in [0, 0.1) is 0 Å². The van der Waals surface area contributed by atoms with Crippen molar-refractivity contribution in [3.63, 3.8) is 0 Å². The molecule has 3 rings (SSSR count). The molecule has 106 valence electrons. The summed E-state index contributed by atoms with van der Waals surface area (Å²) in [5, 5.41) is 9.23. The van der Waals surface area contributed by atoms with Crippen molar-refractivity contribution in [2.45, 2.75) is 26.7 Å². The van der Waals surface area contributed by atoms with Crippen molar-refractivity contribution < 1.29 is 4.74 Å². The zero-order valence-electron chi connectivity index (χ0n) is 12.1. The number of hydrogen-bond donors (Lipinski definition) is 0. The number of aromatic nitrogens is 4. The average molecular weight is 280 g/mol. The smallest absolute Gasteiger partial charge is 0.341 e. The lowest BCUT2D eigenvalue weighted by atomic mass is 10.2. The molecule has 0 aliphatic carbocycles. The molecule has 0 N–H and O–H groups in total. The van der Waals surface area contributed by atoms with Gasteiger partial charge in [-0.15, -0.1) is 5.10 Å². The lowest BCUT2D eigenvalue weighted by Crippen LogP contribution is -2.04. The quantitative estimate of drug-likeness (QED) is 0.733. The van der Waals surface area contributed by atoms with Crippen LogP contribution in [0.5, 0.6) is 11.8 Å². The fourth-order valence-corrected chi connectivity index (χ4v) is 2.19. The Hall–Kier alpha value is -2.56. The highest BCUT2D eigenvalue weighted by atomic mass is 16.5. The van der Waals surface area contributed by atoms with E-state index in [2.05, 4.69) is 27.1 Å². The second kappa shape index (κ2) is 5.83. The van der Waals surface area contributed by atoms with Crippen molar-refractivity contribution in [1.82, 2.24) is 20.2 Å². The van der Waals surface area contributed by atoms with E-state index in [1.54, 1.807) is 6.20 Å². The second-order valence-corrected chi connectivity index (χ2v) is 4.65. The Bertz CT molecular complexity index is 773. The third-order valence-corrected chi connectivity index (χ3v) is 3.27. The lowest BCUT2D eigenvalue weighted by Gasteiger charge is -2.07. The summed E-state index contributed by atoms with van der Waals surface area (Å²) in [5.41, 5.74) is 2.79. The number of aryl methyl sites for hydroxylation is 2. The lowest BCUT2D eigenvalue weighted by molar-refractivity contribution is 0.429. The van der Waals surface area contributed by atoms with Crippen molar-refractivity contribution in [2.75, 3.05) is 0 Å². The van der Waals surface area contributed by atoms with Gasteiger partial charge in [-0.1, -0.05) is 25.0 Å². The van der Waals surface area contributed by atoms with Crippen LogP contribution in [-0.4, -0.2) is 20.2 Å². The van der Waals surface area contributed by atoms with E-state index < -0.39 is 0 Å². The standard InChI is InChI=1S/C16H16N4O/c1-3-13-14(4-2)19-20-16(18-13)21-12-7-8-15-11(10-12)6-5-9-17-15/h5-10H,3-4H2,1-2H3. The molecule has 0 radical (unpaired) electrons. The third kappa shape index (κ3) is 2.81. The molecule has 2 aromatic heterocycles. The van der Waals surface area contributed by atoms with Crippen LogP contribution in [0.15, 0.2) is 36.5 Å². The van der Waals surface area contributed by atoms with Gasteiger partial charge in [-0.2, -0.15) is 4.98 Å². The molecule has 0 saturated heterocycles. The zero-order chi connectivity index (χ0) is 14.7. The highest BCUT2D eigenvalue weighted by Crippen LogP contribution is 2.22. The van der Waals surface area contributed by atoms with Crippen LogP contribution >= 0.6 is 0 Å². The SMILES string of the molecule is CCc1nnc(Oc2ccc3ncccc3c2)nc1CC. The van der Waals surface area contributed by atoms with Crippen LogP contribution in [0.3, 0.4) is 0 Å². The maximum atomic E-state index is 5.72. The molecular formula is C16H16N4O. The first-order chi connectivity index (χ1) is 10.3. The van der Waals surface area contributed by atoms with Crippen molar-refractivity contribution in [2.24, 2.45) is 0 Å². The first-order valence-electron chi connectivity index (χ1n) is 7.05. The fraction of sp³-hybridized carbons (Fsp3) is 0.250. The number of nitrogens with zero attached hydrogens (tertiary/aromatic N) is 4. The topological polar surface area (TPSA) is 60.8 Å². The zero-order valence-corrected chi connectivity index (χ0v) is 12.1. The van der Waals surface area contributed by atoms with E-state index in [4.69, 9.17) is 4.74 Å². The summed E-state index contributed by atoms with van der Waals surface area (Å²) in [6.07, 6.45) is 3.41. The van der Waals surface area contributed by atoms with E-state index in [9.17, 15) is 0 Å². The summed E-state index contributed by atoms with van der Waals surface area (Å²) < 4.78 is 5.72. The van der Waals surface area contributed by atoms with Crippen LogP contribution < -0.4 is 4.74 Å². The average Bonchev–Trinajstić information content (AvgIpc) is 2.54. The molecule has 1 aromatic carbocycles. The highest BCUT2D eigenvalue weighted by molar-refractivity contribution is 5.79. The third-order valence-electron chi connectivity index (χ3n) is 3.27. The Balaban J connectivity index is 1.91. The Morgan fingerprint density at radius 2 is 1.86 bits per heavy atom. The van der Waals surface area contributed by atoms with Gasteiger partial charge in [0.15, 0.2) is 0 Å². The summed E-state index contributed by atoms with van der Waals surface area (Å²) in [7, 11) is 0. The van der Waals surface area contributed by atoms with E-state index in [0.717, 1.165) is 35.1 Å². The Morgan fingerprint density at radius 3 is 2.67 bits per heavy atom. The van der Waals surface area contributed by atoms with Gasteiger partial charge in [0.25, 0.3) is 0 Å². The summed E-state index contributed by atoms with van der Waals surface area (Å²) in [6, 6.07) is 9.87. The maximum absolute atomic E-state index is 5.72. The summed E-state index contributed by atoms with van der Waals surface area (Å²) in [6.45, 7) is 4.09. The molecule has 21 heavy (non-hydrogen) atoms. The van der Waals surface area contributed by atoms with Crippen LogP contribution in [0.25, 0.3) is 10.9 Å². The molecule has 0 bridgehead atoms. The molecule has 0 amide bonds. The monoisotopic (exact) mass is 280 g/mol. The molecule has 5 nitrogen and oxygen atoms in total. The van der Waals surface area contributed by atoms with E-state index in [0.29, 0.717) is 5.75 Å². The Labute approximate surface area is 123 Å². The summed E-state index contributed by atoms with van der Waals surface area (Å²) in [4.78, 5) is 8.71. The van der Waals surface area contributed by atoms with Gasteiger partial charge in [0.1, 0.15) is 5.75 Å². The van der Waals surface area contributed by atoms with Gasteiger partial charge >= 0.3 is 6.01 Å². The molecule has 0 fully saturated rings. The van der Waals surface area contributed by atoms with Gasteiger partial charge in [0.2, 0.25) is 0 Å². The van der Waals surface area contributed by atoms with Crippen LogP contribution in [0.1, 0.15) is 25.2 Å². The first kappa shape index (κ1) is 13.4. The Kier molecular flexibility index (Phi) is 3.73. The van der Waals surface area contributed by atoms with E-state index in [1.807, 2.05) is 37.3 Å². The fourth-order valence-electron chi connectivity index (χ4n) is 2.19. The largest absolute Gasteiger partial charge is 0.423 e. The van der Waals surface area contributed by atoms with Crippen LogP contribution in [0.4, 0.5) is 0 Å². The maximum Gasteiger partial charge on any atom is 0.341 e. The second-order valence-electron chi connectivity index (χ2n) is 4.65. The van der Waals surface area contributed by atoms with Crippen molar-refractivity contribution >= 4 is 10.9 Å². The predicted molar refractivity (Wildman–Crippen MR) is 80.4 cm³/mol. The molecule has 0 spiro atoms. The van der Waals surface area contributed by atoms with Gasteiger partial charge in [-0.3, -0.25) is 4.98 Å². The molecule has 0 aliphatic rings. The number of fused-ring (bicyclic) bond motifs is 1. The van der Waals surface area contributed by atoms with Gasteiger partial charge in [-0.25, -0.2) is 0 Å². The van der Waals surface area contributed by atoms with Crippen molar-refractivity contribution in [1.29, 1.82) is 0 Å². The Morgan fingerprint density at radius 1 is 1.00 bits per heavy atom.